The average Bonchev–Trinajstić information content (AvgIpc) is 2.69. The Balaban J connectivity index is 1.98. The summed E-state index contributed by atoms with van der Waals surface area (Å²) in [6.07, 6.45) is 4.11. The molecule has 20 heavy (non-hydrogen) atoms. The highest BCUT2D eigenvalue weighted by Crippen LogP contribution is 2.17. The van der Waals surface area contributed by atoms with Gasteiger partial charge in [-0.3, -0.25) is 4.57 Å². The lowest BCUT2D eigenvalue weighted by atomic mass is 10.2. The number of unbranched alkanes of at least 4 members (excludes halogenated alkanes) is 1. The Morgan fingerprint density at radius 3 is 2.80 bits per heavy atom. The van der Waals surface area contributed by atoms with Crippen molar-refractivity contribution in [2.24, 2.45) is 0 Å². The highest BCUT2D eigenvalue weighted by molar-refractivity contribution is 5.74. The lowest BCUT2D eigenvalue weighted by molar-refractivity contribution is 0.266. The minimum absolute atomic E-state index is 0.565. The molecular formula is C15H25N5. The third kappa shape index (κ3) is 3.28. The summed E-state index contributed by atoms with van der Waals surface area (Å²) in [5.74, 6) is 0.565. The molecule has 0 aromatic carbocycles. The number of hydrogen-bond donors (Lipinski definition) is 1. The number of aryl methyl sites for hydroxylation is 2. The van der Waals surface area contributed by atoms with Crippen LogP contribution in [-0.4, -0.2) is 39.1 Å². The lowest BCUT2D eigenvalue weighted by Gasteiger charge is -2.20. The van der Waals surface area contributed by atoms with Crippen molar-refractivity contribution >= 4 is 17.1 Å². The molecule has 0 radical (unpaired) electrons. The van der Waals surface area contributed by atoms with E-state index in [1.807, 2.05) is 23.8 Å². The number of aromatic nitrogens is 3. The number of nitrogen functional groups attached to an aromatic ring is 1. The van der Waals surface area contributed by atoms with Crippen LogP contribution in [0.2, 0.25) is 0 Å². The lowest BCUT2D eigenvalue weighted by Crippen LogP contribution is -2.27. The highest BCUT2D eigenvalue weighted by Gasteiger charge is 2.09. The van der Waals surface area contributed by atoms with Crippen LogP contribution < -0.4 is 5.73 Å². The van der Waals surface area contributed by atoms with Crippen molar-refractivity contribution in [2.45, 2.75) is 46.2 Å². The van der Waals surface area contributed by atoms with Gasteiger partial charge in [-0.1, -0.05) is 0 Å². The van der Waals surface area contributed by atoms with Crippen molar-refractivity contribution in [3.8, 4) is 0 Å². The Morgan fingerprint density at radius 1 is 1.35 bits per heavy atom. The van der Waals surface area contributed by atoms with Gasteiger partial charge in [0.15, 0.2) is 5.65 Å². The minimum Gasteiger partial charge on any atom is -0.369 e. The molecule has 110 valence electrons. The number of imidazole rings is 1. The Bertz CT molecular complexity index is 573. The summed E-state index contributed by atoms with van der Waals surface area (Å²) < 4.78 is 2.02. The molecule has 5 heteroatoms. The second kappa shape index (κ2) is 6.22. The third-order valence-electron chi connectivity index (χ3n) is 3.78. The maximum absolute atomic E-state index is 6.00. The molecule has 2 aromatic rings. The second-order valence-corrected chi connectivity index (χ2v) is 5.76. The summed E-state index contributed by atoms with van der Waals surface area (Å²) in [6.45, 7) is 8.44. The molecule has 0 aliphatic carbocycles. The van der Waals surface area contributed by atoms with E-state index < -0.39 is 0 Å². The Kier molecular flexibility index (Phi) is 4.60. The number of nitrogens with two attached hydrogens (primary N) is 1. The first-order valence-electron chi connectivity index (χ1n) is 7.27. The fourth-order valence-electron chi connectivity index (χ4n) is 2.24. The predicted octanol–water partition coefficient (Wildman–Crippen LogP) is 2.44. The smallest absolute Gasteiger partial charge is 0.202 e. The Hall–Kier alpha value is -1.62. The summed E-state index contributed by atoms with van der Waals surface area (Å²) in [6, 6.07) is 2.63. The molecule has 0 bridgehead atoms. The van der Waals surface area contributed by atoms with E-state index in [0.717, 1.165) is 42.7 Å². The molecule has 0 atom stereocenters. The first kappa shape index (κ1) is 14.8. The zero-order valence-electron chi connectivity index (χ0n) is 12.9. The normalized spacial score (nSPS) is 11.9. The molecule has 0 fully saturated rings. The van der Waals surface area contributed by atoms with Crippen molar-refractivity contribution in [1.29, 1.82) is 0 Å². The van der Waals surface area contributed by atoms with E-state index in [2.05, 4.69) is 35.8 Å². The fourth-order valence-corrected chi connectivity index (χ4v) is 2.24. The number of nitrogens with zero attached hydrogens (tertiary/aromatic N) is 4. The van der Waals surface area contributed by atoms with Crippen LogP contribution in [0.1, 0.15) is 32.3 Å². The van der Waals surface area contributed by atoms with Gasteiger partial charge >= 0.3 is 0 Å². The molecule has 2 heterocycles. The molecule has 0 amide bonds. The first-order valence-corrected chi connectivity index (χ1v) is 7.27. The van der Waals surface area contributed by atoms with Crippen LogP contribution in [-0.2, 0) is 6.54 Å². The molecular weight excluding hydrogens is 250 g/mol. The van der Waals surface area contributed by atoms with Gasteiger partial charge in [-0.2, -0.15) is 0 Å². The molecule has 0 spiro atoms. The second-order valence-electron chi connectivity index (χ2n) is 5.76. The number of fused-ring (bicyclic) bond motifs is 1. The monoisotopic (exact) mass is 275 g/mol. The quantitative estimate of drug-likeness (QED) is 0.823. The summed E-state index contributed by atoms with van der Waals surface area (Å²) in [4.78, 5) is 11.2. The van der Waals surface area contributed by atoms with Crippen LogP contribution in [0.25, 0.3) is 11.2 Å². The maximum atomic E-state index is 6.00. The van der Waals surface area contributed by atoms with Gasteiger partial charge in [0.1, 0.15) is 5.52 Å². The molecule has 0 aliphatic rings. The SMILES string of the molecule is Cc1cnc2c(c1)nc(N)n2CCCCN(C)C(C)C. The van der Waals surface area contributed by atoms with Crippen molar-refractivity contribution in [2.75, 3.05) is 19.3 Å². The average molecular weight is 275 g/mol. The van der Waals surface area contributed by atoms with Gasteiger partial charge in [-0.15, -0.1) is 0 Å². The van der Waals surface area contributed by atoms with E-state index in [0.29, 0.717) is 12.0 Å². The van der Waals surface area contributed by atoms with Crippen molar-refractivity contribution in [3.63, 3.8) is 0 Å². The zero-order valence-corrected chi connectivity index (χ0v) is 12.9. The van der Waals surface area contributed by atoms with Gasteiger partial charge in [0.2, 0.25) is 5.95 Å². The van der Waals surface area contributed by atoms with E-state index >= 15 is 0 Å². The van der Waals surface area contributed by atoms with Crippen LogP contribution in [0.5, 0.6) is 0 Å². The Morgan fingerprint density at radius 2 is 2.10 bits per heavy atom. The zero-order chi connectivity index (χ0) is 14.7. The molecule has 5 nitrogen and oxygen atoms in total. The molecule has 0 aliphatic heterocycles. The minimum atomic E-state index is 0.565. The van der Waals surface area contributed by atoms with Crippen LogP contribution >= 0.6 is 0 Å². The van der Waals surface area contributed by atoms with E-state index in [9.17, 15) is 0 Å². The predicted molar refractivity (Wildman–Crippen MR) is 83.7 cm³/mol. The number of rotatable bonds is 6. The topological polar surface area (TPSA) is 60.0 Å². The van der Waals surface area contributed by atoms with Gasteiger partial charge in [-0.25, -0.2) is 9.97 Å². The summed E-state index contributed by atoms with van der Waals surface area (Å²) in [5.41, 5.74) is 8.89. The standard InChI is InChI=1S/C15H25N5/c1-11(2)19(4)7-5-6-8-20-14-13(18-15(20)16)9-12(3)10-17-14/h9-11H,5-8H2,1-4H3,(H2,16,18). The van der Waals surface area contributed by atoms with E-state index in [4.69, 9.17) is 5.73 Å². The van der Waals surface area contributed by atoms with Gasteiger partial charge in [0.25, 0.3) is 0 Å². The molecule has 2 aromatic heterocycles. The highest BCUT2D eigenvalue weighted by atomic mass is 15.2. The van der Waals surface area contributed by atoms with Gasteiger partial charge < -0.3 is 10.6 Å². The summed E-state index contributed by atoms with van der Waals surface area (Å²) >= 11 is 0. The maximum Gasteiger partial charge on any atom is 0.202 e. The summed E-state index contributed by atoms with van der Waals surface area (Å²) in [5, 5.41) is 0. The molecule has 0 saturated carbocycles. The third-order valence-corrected chi connectivity index (χ3v) is 3.78. The molecule has 0 unspecified atom stereocenters. The molecule has 2 rings (SSSR count). The van der Waals surface area contributed by atoms with Crippen LogP contribution in [0, 0.1) is 6.92 Å². The van der Waals surface area contributed by atoms with Gasteiger partial charge in [0, 0.05) is 18.8 Å². The number of hydrogen-bond acceptors (Lipinski definition) is 4. The van der Waals surface area contributed by atoms with Crippen LogP contribution in [0.4, 0.5) is 5.95 Å². The van der Waals surface area contributed by atoms with Crippen molar-refractivity contribution < 1.29 is 0 Å². The fraction of sp³-hybridized carbons (Fsp3) is 0.600. The first-order chi connectivity index (χ1) is 9.49. The Labute approximate surface area is 120 Å². The molecule has 0 saturated heterocycles. The van der Waals surface area contributed by atoms with E-state index in [1.165, 1.54) is 0 Å². The van der Waals surface area contributed by atoms with Crippen LogP contribution in [0.3, 0.4) is 0 Å². The largest absolute Gasteiger partial charge is 0.369 e. The van der Waals surface area contributed by atoms with Crippen molar-refractivity contribution in [3.05, 3.63) is 17.8 Å². The number of pyridine rings is 1. The van der Waals surface area contributed by atoms with E-state index in [-0.39, 0.29) is 0 Å². The van der Waals surface area contributed by atoms with Gasteiger partial charge in [-0.05, 0) is 58.8 Å². The van der Waals surface area contributed by atoms with Crippen molar-refractivity contribution in [1.82, 2.24) is 19.4 Å². The number of anilines is 1. The van der Waals surface area contributed by atoms with E-state index in [1.54, 1.807) is 0 Å². The summed E-state index contributed by atoms with van der Waals surface area (Å²) in [7, 11) is 2.16. The van der Waals surface area contributed by atoms with Gasteiger partial charge in [0.05, 0.1) is 0 Å². The van der Waals surface area contributed by atoms with Crippen LogP contribution in [0.15, 0.2) is 12.3 Å². The molecule has 2 N–H and O–H groups in total.